The second-order valence-corrected chi connectivity index (χ2v) is 9.60. The minimum atomic E-state index is -0.353. The van der Waals surface area contributed by atoms with Gasteiger partial charge in [-0.2, -0.15) is 0 Å². The third-order valence-electron chi connectivity index (χ3n) is 6.76. The predicted octanol–water partition coefficient (Wildman–Crippen LogP) is 5.82. The van der Waals surface area contributed by atoms with E-state index in [9.17, 15) is 4.79 Å². The quantitative estimate of drug-likeness (QED) is 0.247. The molecule has 5 heteroatoms. The maximum atomic E-state index is 11.4. The van der Waals surface area contributed by atoms with Crippen molar-refractivity contribution in [3.8, 4) is 11.5 Å². The lowest BCUT2D eigenvalue weighted by Crippen LogP contribution is -2.39. The molecule has 0 bridgehead atoms. The zero-order chi connectivity index (χ0) is 26.7. The molecule has 0 fully saturated rings. The van der Waals surface area contributed by atoms with E-state index in [1.54, 1.807) is 7.11 Å². The van der Waals surface area contributed by atoms with Gasteiger partial charge in [0.2, 0.25) is 5.91 Å². The smallest absolute Gasteiger partial charge is 0.221 e. The van der Waals surface area contributed by atoms with Gasteiger partial charge >= 0.3 is 0 Å². The Morgan fingerprint density at radius 2 is 1.42 bits per heavy atom. The maximum Gasteiger partial charge on any atom is 0.221 e. The zero-order valence-corrected chi connectivity index (χ0v) is 22.1. The molecule has 0 aromatic heterocycles. The number of nitrogens with two attached hydrogens (primary N) is 1. The van der Waals surface area contributed by atoms with Crippen LogP contribution in [-0.2, 0) is 17.8 Å². The summed E-state index contributed by atoms with van der Waals surface area (Å²) >= 11 is 0. The van der Waals surface area contributed by atoms with Crippen molar-refractivity contribution in [1.29, 1.82) is 0 Å². The average molecular weight is 509 g/mol. The van der Waals surface area contributed by atoms with E-state index < -0.39 is 0 Å². The summed E-state index contributed by atoms with van der Waals surface area (Å²) in [5, 5.41) is 0. The fourth-order valence-electron chi connectivity index (χ4n) is 4.64. The van der Waals surface area contributed by atoms with Crippen molar-refractivity contribution in [1.82, 2.24) is 4.90 Å². The molecule has 196 valence electrons. The summed E-state index contributed by atoms with van der Waals surface area (Å²) in [7, 11) is 1.68. The molecule has 4 rings (SSSR count). The molecule has 0 saturated carbocycles. The highest BCUT2D eigenvalue weighted by Gasteiger charge is 2.23. The molecule has 38 heavy (non-hydrogen) atoms. The van der Waals surface area contributed by atoms with Gasteiger partial charge in [-0.25, -0.2) is 0 Å². The first-order valence-electron chi connectivity index (χ1n) is 13.0. The van der Waals surface area contributed by atoms with Crippen molar-refractivity contribution in [2.45, 2.75) is 31.8 Å². The lowest BCUT2D eigenvalue weighted by molar-refractivity contribution is -0.117. The Kier molecular flexibility index (Phi) is 9.54. The molecule has 0 aliphatic carbocycles. The van der Waals surface area contributed by atoms with Crippen molar-refractivity contribution >= 4 is 5.91 Å². The van der Waals surface area contributed by atoms with Crippen LogP contribution in [-0.4, -0.2) is 37.1 Å². The molecule has 4 aromatic carbocycles. The first-order valence-corrected chi connectivity index (χ1v) is 13.0. The van der Waals surface area contributed by atoms with Gasteiger partial charge in [0.05, 0.1) is 13.5 Å². The van der Waals surface area contributed by atoms with Crippen LogP contribution in [0.25, 0.3) is 0 Å². The van der Waals surface area contributed by atoms with Crippen LogP contribution >= 0.6 is 0 Å². The predicted molar refractivity (Wildman–Crippen MR) is 152 cm³/mol. The highest BCUT2D eigenvalue weighted by atomic mass is 16.5. The number of amides is 1. The summed E-state index contributed by atoms with van der Waals surface area (Å²) in [6.07, 6.45) is 0.201. The summed E-state index contributed by atoms with van der Waals surface area (Å²) < 4.78 is 11.6. The summed E-state index contributed by atoms with van der Waals surface area (Å²) in [6.45, 7) is 4.30. The molecule has 0 saturated heterocycles. The third kappa shape index (κ3) is 7.70. The Hall–Kier alpha value is -4.09. The summed E-state index contributed by atoms with van der Waals surface area (Å²) in [4.78, 5) is 13.8. The number of carbonyl (C=O) groups is 1. The summed E-state index contributed by atoms with van der Waals surface area (Å²) in [6, 6.07) is 37.3. The molecular weight excluding hydrogens is 472 g/mol. The minimum absolute atomic E-state index is 0.117. The molecule has 0 aliphatic heterocycles. The van der Waals surface area contributed by atoms with Crippen LogP contribution < -0.4 is 15.2 Å². The molecule has 2 N–H and O–H groups in total. The van der Waals surface area contributed by atoms with Crippen molar-refractivity contribution in [3.05, 3.63) is 131 Å². The van der Waals surface area contributed by atoms with Gasteiger partial charge in [-0.15, -0.1) is 0 Å². The lowest BCUT2D eigenvalue weighted by atomic mass is 9.90. The molecular formula is C33H36N2O3. The first-order chi connectivity index (χ1) is 18.5. The lowest BCUT2D eigenvalue weighted by Gasteiger charge is -2.33. The second kappa shape index (κ2) is 13.5. The van der Waals surface area contributed by atoms with Crippen LogP contribution in [0.4, 0.5) is 0 Å². The Bertz CT molecular complexity index is 1240. The molecule has 0 heterocycles. The van der Waals surface area contributed by atoms with Gasteiger partial charge < -0.3 is 15.2 Å². The number of hydrogen-bond donors (Lipinski definition) is 1. The van der Waals surface area contributed by atoms with E-state index in [1.807, 2.05) is 36.4 Å². The Morgan fingerprint density at radius 3 is 2.00 bits per heavy atom. The molecule has 1 unspecified atom stereocenters. The van der Waals surface area contributed by atoms with Gasteiger partial charge in [0.1, 0.15) is 18.1 Å². The highest BCUT2D eigenvalue weighted by molar-refractivity contribution is 5.76. The van der Waals surface area contributed by atoms with E-state index in [-0.39, 0.29) is 24.3 Å². The van der Waals surface area contributed by atoms with Gasteiger partial charge in [0, 0.05) is 25.0 Å². The van der Waals surface area contributed by atoms with Crippen LogP contribution in [0.1, 0.15) is 35.1 Å². The number of ether oxygens (including phenoxy) is 2. The standard InChI is InChI=1S/C33H36N2O3/c1-25(24-38-31-15-9-10-27(20-31)21-33(34)36)35(22-26-16-18-30(37-2)19-17-26)23-32(28-11-5-3-6-12-28)29-13-7-4-8-14-29/h3-20,25,32H,21-24H2,1-2H3,(H2,34,36). The number of benzene rings is 4. The zero-order valence-electron chi connectivity index (χ0n) is 22.1. The van der Waals surface area contributed by atoms with Crippen LogP contribution in [0, 0.1) is 0 Å². The van der Waals surface area contributed by atoms with E-state index in [4.69, 9.17) is 15.2 Å². The summed E-state index contributed by atoms with van der Waals surface area (Å²) in [5.74, 6) is 1.44. The van der Waals surface area contributed by atoms with Crippen LogP contribution in [0.2, 0.25) is 0 Å². The third-order valence-corrected chi connectivity index (χ3v) is 6.76. The van der Waals surface area contributed by atoms with Crippen LogP contribution in [0.3, 0.4) is 0 Å². The molecule has 5 nitrogen and oxygen atoms in total. The van der Waals surface area contributed by atoms with Crippen molar-refractivity contribution in [3.63, 3.8) is 0 Å². The van der Waals surface area contributed by atoms with Gasteiger partial charge in [-0.05, 0) is 53.4 Å². The van der Waals surface area contributed by atoms with Gasteiger partial charge in [0.25, 0.3) is 0 Å². The molecule has 4 aromatic rings. The normalized spacial score (nSPS) is 11.9. The first kappa shape index (κ1) is 27.0. The van der Waals surface area contributed by atoms with E-state index in [2.05, 4.69) is 84.6 Å². The molecule has 1 atom stereocenters. The van der Waals surface area contributed by atoms with Gasteiger partial charge in [0.15, 0.2) is 0 Å². The second-order valence-electron chi connectivity index (χ2n) is 9.60. The highest BCUT2D eigenvalue weighted by Crippen LogP contribution is 2.28. The van der Waals surface area contributed by atoms with Gasteiger partial charge in [-0.1, -0.05) is 84.9 Å². The van der Waals surface area contributed by atoms with E-state index in [1.165, 1.54) is 16.7 Å². The Labute approximate surface area is 225 Å². The molecule has 0 radical (unpaired) electrons. The average Bonchev–Trinajstić information content (AvgIpc) is 2.95. The number of carbonyl (C=O) groups excluding carboxylic acids is 1. The minimum Gasteiger partial charge on any atom is -0.497 e. The maximum absolute atomic E-state index is 11.4. The molecule has 0 aliphatic rings. The van der Waals surface area contributed by atoms with Crippen LogP contribution in [0.5, 0.6) is 11.5 Å². The fraction of sp³-hybridized carbons (Fsp3) is 0.242. The number of hydrogen-bond acceptors (Lipinski definition) is 4. The topological polar surface area (TPSA) is 64.8 Å². The van der Waals surface area contributed by atoms with Crippen molar-refractivity contribution < 1.29 is 14.3 Å². The fourth-order valence-corrected chi connectivity index (χ4v) is 4.64. The van der Waals surface area contributed by atoms with E-state index in [0.717, 1.165) is 30.2 Å². The van der Waals surface area contributed by atoms with Crippen LogP contribution in [0.15, 0.2) is 109 Å². The molecule has 1 amide bonds. The Morgan fingerprint density at radius 1 is 0.789 bits per heavy atom. The molecule has 0 spiro atoms. The Balaban J connectivity index is 1.57. The van der Waals surface area contributed by atoms with E-state index in [0.29, 0.717) is 6.61 Å². The summed E-state index contributed by atoms with van der Waals surface area (Å²) in [5.41, 5.74) is 10.0. The number of nitrogens with zero attached hydrogens (tertiary/aromatic N) is 1. The van der Waals surface area contributed by atoms with Crippen molar-refractivity contribution in [2.24, 2.45) is 5.73 Å². The van der Waals surface area contributed by atoms with Gasteiger partial charge in [-0.3, -0.25) is 9.69 Å². The monoisotopic (exact) mass is 508 g/mol. The number of methoxy groups -OCH3 is 1. The van der Waals surface area contributed by atoms with Crippen molar-refractivity contribution in [2.75, 3.05) is 20.3 Å². The SMILES string of the molecule is COc1ccc(CN(CC(c2ccccc2)c2ccccc2)C(C)COc2cccc(CC(N)=O)c2)cc1. The van der Waals surface area contributed by atoms with E-state index >= 15 is 0 Å². The largest absolute Gasteiger partial charge is 0.497 e. The number of primary amides is 1. The number of rotatable bonds is 13.